The van der Waals surface area contributed by atoms with Crippen molar-refractivity contribution in [1.82, 2.24) is 15.0 Å². The molecule has 1 heterocycles. The molecule has 0 saturated carbocycles. The van der Waals surface area contributed by atoms with Crippen LogP contribution in [0.25, 0.3) is 11.3 Å². The van der Waals surface area contributed by atoms with Crippen LogP contribution in [0.5, 0.6) is 0 Å². The molecular weight excluding hydrogens is 222 g/mol. The van der Waals surface area contributed by atoms with Crippen LogP contribution in [-0.2, 0) is 7.05 Å². The maximum Gasteiger partial charge on any atom is 0.154 e. The zero-order valence-corrected chi connectivity index (χ0v) is 10.4. The van der Waals surface area contributed by atoms with Gasteiger partial charge in [-0.1, -0.05) is 54.9 Å². The summed E-state index contributed by atoms with van der Waals surface area (Å²) >= 11 is 6.08. The van der Waals surface area contributed by atoms with Gasteiger partial charge in [0.2, 0.25) is 0 Å². The standard InChI is InChI=1S/C12H14ClN3/c1-8(2)9-4-6-10(7-5-9)11-12(13)16(3)15-14-11/h4-8H,1-3H3. The largest absolute Gasteiger partial charge is 0.236 e. The van der Waals surface area contributed by atoms with E-state index in [1.165, 1.54) is 5.56 Å². The van der Waals surface area contributed by atoms with Crippen LogP contribution in [0.4, 0.5) is 0 Å². The summed E-state index contributed by atoms with van der Waals surface area (Å²) in [7, 11) is 1.78. The molecule has 0 radical (unpaired) electrons. The van der Waals surface area contributed by atoms with Gasteiger partial charge in [-0.15, -0.1) is 5.10 Å². The summed E-state index contributed by atoms with van der Waals surface area (Å²) in [6, 6.07) is 8.27. The maximum absolute atomic E-state index is 6.08. The van der Waals surface area contributed by atoms with Gasteiger partial charge in [0.25, 0.3) is 0 Å². The van der Waals surface area contributed by atoms with E-state index >= 15 is 0 Å². The topological polar surface area (TPSA) is 30.7 Å². The van der Waals surface area contributed by atoms with Crippen molar-refractivity contribution in [2.45, 2.75) is 19.8 Å². The Morgan fingerprint density at radius 2 is 1.81 bits per heavy atom. The fraction of sp³-hybridized carbons (Fsp3) is 0.333. The van der Waals surface area contributed by atoms with E-state index in [1.54, 1.807) is 11.7 Å². The Morgan fingerprint density at radius 1 is 1.19 bits per heavy atom. The van der Waals surface area contributed by atoms with Gasteiger partial charge in [-0.25, -0.2) is 4.68 Å². The summed E-state index contributed by atoms with van der Waals surface area (Å²) in [6.07, 6.45) is 0. The van der Waals surface area contributed by atoms with Gasteiger partial charge in [-0.3, -0.25) is 0 Å². The molecule has 16 heavy (non-hydrogen) atoms. The maximum atomic E-state index is 6.08. The Morgan fingerprint density at radius 3 is 2.25 bits per heavy atom. The zero-order chi connectivity index (χ0) is 11.7. The molecular formula is C12H14ClN3. The van der Waals surface area contributed by atoms with E-state index in [4.69, 9.17) is 11.6 Å². The summed E-state index contributed by atoms with van der Waals surface area (Å²) in [6.45, 7) is 4.34. The van der Waals surface area contributed by atoms with Crippen LogP contribution in [0.3, 0.4) is 0 Å². The fourth-order valence-corrected chi connectivity index (χ4v) is 1.73. The van der Waals surface area contributed by atoms with Crippen LogP contribution in [0.1, 0.15) is 25.3 Å². The van der Waals surface area contributed by atoms with Crippen LogP contribution in [0.15, 0.2) is 24.3 Å². The number of rotatable bonds is 2. The van der Waals surface area contributed by atoms with Gasteiger partial charge in [0, 0.05) is 12.6 Å². The summed E-state index contributed by atoms with van der Waals surface area (Å²) in [5.74, 6) is 0.534. The summed E-state index contributed by atoms with van der Waals surface area (Å²) < 4.78 is 1.56. The van der Waals surface area contributed by atoms with Crippen molar-refractivity contribution in [2.75, 3.05) is 0 Å². The van der Waals surface area contributed by atoms with E-state index in [-0.39, 0.29) is 0 Å². The summed E-state index contributed by atoms with van der Waals surface area (Å²) in [4.78, 5) is 0. The smallest absolute Gasteiger partial charge is 0.154 e. The van der Waals surface area contributed by atoms with Crippen LogP contribution < -0.4 is 0 Å². The Balaban J connectivity index is 2.38. The fourth-order valence-electron chi connectivity index (χ4n) is 1.55. The van der Waals surface area contributed by atoms with Gasteiger partial charge in [0.05, 0.1) is 0 Å². The van der Waals surface area contributed by atoms with E-state index in [0.717, 1.165) is 11.3 Å². The first-order valence-corrected chi connectivity index (χ1v) is 5.63. The highest BCUT2D eigenvalue weighted by Gasteiger charge is 2.10. The molecule has 0 unspecified atom stereocenters. The van der Waals surface area contributed by atoms with Crippen molar-refractivity contribution in [3.8, 4) is 11.3 Å². The molecule has 4 heteroatoms. The number of aryl methyl sites for hydroxylation is 1. The molecule has 84 valence electrons. The third-order valence-corrected chi connectivity index (χ3v) is 3.03. The number of nitrogens with zero attached hydrogens (tertiary/aromatic N) is 3. The van der Waals surface area contributed by atoms with Crippen molar-refractivity contribution in [2.24, 2.45) is 7.05 Å². The van der Waals surface area contributed by atoms with Gasteiger partial charge in [-0.2, -0.15) is 0 Å². The Kier molecular flexibility index (Phi) is 2.97. The van der Waals surface area contributed by atoms with Crippen molar-refractivity contribution in [3.63, 3.8) is 0 Å². The first-order valence-electron chi connectivity index (χ1n) is 5.25. The molecule has 0 saturated heterocycles. The highest BCUT2D eigenvalue weighted by molar-refractivity contribution is 6.31. The number of halogens is 1. The van der Waals surface area contributed by atoms with Crippen molar-refractivity contribution in [1.29, 1.82) is 0 Å². The van der Waals surface area contributed by atoms with Crippen LogP contribution in [0, 0.1) is 0 Å². The number of hydrogen-bond acceptors (Lipinski definition) is 2. The monoisotopic (exact) mass is 235 g/mol. The molecule has 0 amide bonds. The summed E-state index contributed by atoms with van der Waals surface area (Å²) in [5, 5.41) is 8.49. The Hall–Kier alpha value is -1.35. The van der Waals surface area contributed by atoms with Crippen molar-refractivity contribution >= 4 is 11.6 Å². The van der Waals surface area contributed by atoms with Crippen molar-refractivity contribution < 1.29 is 0 Å². The number of benzene rings is 1. The summed E-state index contributed by atoms with van der Waals surface area (Å²) in [5.41, 5.74) is 3.05. The van der Waals surface area contributed by atoms with Gasteiger partial charge in [0.1, 0.15) is 5.69 Å². The lowest BCUT2D eigenvalue weighted by Crippen LogP contribution is -1.89. The Labute approximate surface area is 100 Å². The molecule has 2 rings (SSSR count). The van der Waals surface area contributed by atoms with E-state index in [0.29, 0.717) is 11.1 Å². The molecule has 0 N–H and O–H groups in total. The predicted octanol–water partition coefficient (Wildman–Crippen LogP) is 3.26. The lowest BCUT2D eigenvalue weighted by Gasteiger charge is -2.05. The number of aromatic nitrogens is 3. The third kappa shape index (κ3) is 1.95. The molecule has 0 spiro atoms. The van der Waals surface area contributed by atoms with E-state index < -0.39 is 0 Å². The quantitative estimate of drug-likeness (QED) is 0.800. The van der Waals surface area contributed by atoms with Crippen LogP contribution in [-0.4, -0.2) is 15.0 Å². The van der Waals surface area contributed by atoms with Crippen LogP contribution >= 0.6 is 11.6 Å². The highest BCUT2D eigenvalue weighted by atomic mass is 35.5. The van der Waals surface area contributed by atoms with Gasteiger partial charge < -0.3 is 0 Å². The van der Waals surface area contributed by atoms with Gasteiger partial charge >= 0.3 is 0 Å². The third-order valence-electron chi connectivity index (χ3n) is 2.61. The van der Waals surface area contributed by atoms with E-state index in [1.807, 2.05) is 12.1 Å². The SMILES string of the molecule is CC(C)c1ccc(-c2nnn(C)c2Cl)cc1. The first kappa shape index (κ1) is 11.1. The van der Waals surface area contributed by atoms with Crippen LogP contribution in [0.2, 0.25) is 5.15 Å². The normalized spacial score (nSPS) is 11.1. The molecule has 0 aliphatic rings. The zero-order valence-electron chi connectivity index (χ0n) is 9.61. The molecule has 0 atom stereocenters. The van der Waals surface area contributed by atoms with Gasteiger partial charge in [-0.05, 0) is 11.5 Å². The first-order chi connectivity index (χ1) is 7.59. The molecule has 0 fully saturated rings. The molecule has 0 aliphatic carbocycles. The minimum atomic E-state index is 0.534. The van der Waals surface area contributed by atoms with E-state index in [9.17, 15) is 0 Å². The average molecular weight is 236 g/mol. The Bertz CT molecular complexity index is 485. The minimum absolute atomic E-state index is 0.534. The molecule has 3 nitrogen and oxygen atoms in total. The molecule has 0 aliphatic heterocycles. The second kappa shape index (κ2) is 4.26. The lowest BCUT2D eigenvalue weighted by atomic mass is 10.0. The molecule has 0 bridgehead atoms. The molecule has 2 aromatic rings. The predicted molar refractivity (Wildman–Crippen MR) is 65.5 cm³/mol. The van der Waals surface area contributed by atoms with Gasteiger partial charge in [0.15, 0.2) is 5.15 Å². The second-order valence-corrected chi connectivity index (χ2v) is 4.49. The molecule has 1 aromatic carbocycles. The second-order valence-electron chi connectivity index (χ2n) is 4.13. The lowest BCUT2D eigenvalue weighted by molar-refractivity contribution is 0.716. The van der Waals surface area contributed by atoms with E-state index in [2.05, 4.69) is 36.3 Å². The highest BCUT2D eigenvalue weighted by Crippen LogP contribution is 2.26. The minimum Gasteiger partial charge on any atom is -0.236 e. The average Bonchev–Trinajstić information content (AvgIpc) is 2.60. The number of hydrogen-bond donors (Lipinski definition) is 0. The van der Waals surface area contributed by atoms with Crippen molar-refractivity contribution in [3.05, 3.63) is 35.0 Å². The molecule has 1 aromatic heterocycles.